The molecule has 1 fully saturated rings. The maximum atomic E-state index is 5.38. The molecule has 1 aromatic rings. The molecule has 0 bridgehead atoms. The van der Waals surface area contributed by atoms with Crippen molar-refractivity contribution in [1.29, 1.82) is 0 Å². The molecule has 1 saturated carbocycles. The number of hydrogen-bond acceptors (Lipinski definition) is 3. The van der Waals surface area contributed by atoms with Gasteiger partial charge in [0.1, 0.15) is 0 Å². The third kappa shape index (κ3) is 3.89. The van der Waals surface area contributed by atoms with E-state index in [4.69, 9.17) is 9.47 Å². The van der Waals surface area contributed by atoms with Crippen molar-refractivity contribution in [3.63, 3.8) is 0 Å². The smallest absolute Gasteiger partial charge is 0.161 e. The normalized spacial score (nSPS) is 18.4. The van der Waals surface area contributed by atoms with Crippen LogP contribution in [-0.2, 0) is 0 Å². The quantitative estimate of drug-likeness (QED) is 0.823. The lowest BCUT2D eigenvalue weighted by Gasteiger charge is -2.23. The van der Waals surface area contributed by atoms with Crippen molar-refractivity contribution in [2.24, 2.45) is 0 Å². The van der Waals surface area contributed by atoms with Crippen molar-refractivity contribution >= 4 is 0 Å². The van der Waals surface area contributed by atoms with E-state index >= 15 is 0 Å². The molecule has 0 aliphatic heterocycles. The Balaban J connectivity index is 2.02. The van der Waals surface area contributed by atoms with Crippen LogP contribution in [0.1, 0.15) is 57.1 Å². The Morgan fingerprint density at radius 3 is 2.25 bits per heavy atom. The first-order valence-corrected chi connectivity index (χ1v) is 7.72. The molecule has 112 valence electrons. The lowest BCUT2D eigenvalue weighted by molar-refractivity contribution is 0.353. The number of benzene rings is 1. The first-order valence-electron chi connectivity index (χ1n) is 7.72. The highest BCUT2D eigenvalue weighted by Gasteiger charge is 2.16. The van der Waals surface area contributed by atoms with Gasteiger partial charge in [0.2, 0.25) is 0 Å². The number of nitrogens with one attached hydrogen (secondary N) is 1. The second-order valence-corrected chi connectivity index (χ2v) is 5.69. The molecular weight excluding hydrogens is 250 g/mol. The average Bonchev–Trinajstić information content (AvgIpc) is 2.75. The Bertz CT molecular complexity index is 411. The molecule has 0 radical (unpaired) electrons. The second-order valence-electron chi connectivity index (χ2n) is 5.69. The average molecular weight is 277 g/mol. The van der Waals surface area contributed by atoms with E-state index in [2.05, 4.69) is 24.4 Å². The van der Waals surface area contributed by atoms with E-state index in [1.165, 1.54) is 44.1 Å². The molecule has 0 aromatic heterocycles. The molecule has 1 N–H and O–H groups in total. The van der Waals surface area contributed by atoms with E-state index < -0.39 is 0 Å². The third-order valence-corrected chi connectivity index (χ3v) is 4.25. The van der Waals surface area contributed by atoms with E-state index in [1.807, 2.05) is 6.07 Å². The van der Waals surface area contributed by atoms with Crippen molar-refractivity contribution in [3.8, 4) is 11.5 Å². The van der Waals surface area contributed by atoms with Gasteiger partial charge >= 0.3 is 0 Å². The van der Waals surface area contributed by atoms with Crippen LogP contribution in [0.5, 0.6) is 11.5 Å². The maximum Gasteiger partial charge on any atom is 0.161 e. The highest BCUT2D eigenvalue weighted by atomic mass is 16.5. The van der Waals surface area contributed by atoms with Gasteiger partial charge in [0.25, 0.3) is 0 Å². The summed E-state index contributed by atoms with van der Waals surface area (Å²) in [6.45, 7) is 2.23. The maximum absolute atomic E-state index is 5.38. The van der Waals surface area contributed by atoms with Gasteiger partial charge in [0.05, 0.1) is 14.2 Å². The minimum absolute atomic E-state index is 0.345. The molecule has 1 unspecified atom stereocenters. The minimum atomic E-state index is 0.345. The van der Waals surface area contributed by atoms with Crippen LogP contribution in [0.2, 0.25) is 0 Å². The van der Waals surface area contributed by atoms with Gasteiger partial charge in [-0.2, -0.15) is 0 Å². The molecule has 20 heavy (non-hydrogen) atoms. The Labute approximate surface area is 122 Å². The zero-order chi connectivity index (χ0) is 14.4. The zero-order valence-electron chi connectivity index (χ0n) is 12.9. The van der Waals surface area contributed by atoms with Crippen molar-refractivity contribution < 1.29 is 9.47 Å². The lowest BCUT2D eigenvalue weighted by atomic mass is 10.0. The van der Waals surface area contributed by atoms with Crippen molar-refractivity contribution in [1.82, 2.24) is 5.32 Å². The first kappa shape index (κ1) is 15.2. The van der Waals surface area contributed by atoms with Gasteiger partial charge in [0.15, 0.2) is 11.5 Å². The highest BCUT2D eigenvalue weighted by molar-refractivity contribution is 5.43. The van der Waals surface area contributed by atoms with Crippen LogP contribution < -0.4 is 14.8 Å². The van der Waals surface area contributed by atoms with Crippen LogP contribution in [0.4, 0.5) is 0 Å². The highest BCUT2D eigenvalue weighted by Crippen LogP contribution is 2.30. The molecule has 0 amide bonds. The van der Waals surface area contributed by atoms with Gasteiger partial charge in [-0.25, -0.2) is 0 Å². The summed E-state index contributed by atoms with van der Waals surface area (Å²) in [5.41, 5.74) is 1.26. The van der Waals surface area contributed by atoms with Crippen LogP contribution in [-0.4, -0.2) is 20.3 Å². The first-order chi connectivity index (χ1) is 9.74. The molecule has 3 nitrogen and oxygen atoms in total. The number of ether oxygens (including phenoxy) is 2. The van der Waals surface area contributed by atoms with E-state index in [9.17, 15) is 0 Å². The molecule has 1 aliphatic carbocycles. The Hall–Kier alpha value is -1.22. The molecule has 1 atom stereocenters. The van der Waals surface area contributed by atoms with Crippen LogP contribution in [0, 0.1) is 0 Å². The number of hydrogen-bond donors (Lipinski definition) is 1. The fraction of sp³-hybridized carbons (Fsp3) is 0.647. The second kappa shape index (κ2) is 7.53. The van der Waals surface area contributed by atoms with Gasteiger partial charge < -0.3 is 14.8 Å². The van der Waals surface area contributed by atoms with Crippen LogP contribution >= 0.6 is 0 Å². The number of methoxy groups -OCH3 is 2. The predicted octanol–water partition coefficient (Wildman–Crippen LogP) is 4.08. The summed E-state index contributed by atoms with van der Waals surface area (Å²) < 4.78 is 10.7. The van der Waals surface area contributed by atoms with Gasteiger partial charge in [-0.3, -0.25) is 0 Å². The van der Waals surface area contributed by atoms with E-state index in [1.54, 1.807) is 14.2 Å². The van der Waals surface area contributed by atoms with Gasteiger partial charge in [-0.15, -0.1) is 0 Å². The molecular formula is C17H27NO2. The lowest BCUT2D eigenvalue weighted by Crippen LogP contribution is -2.31. The van der Waals surface area contributed by atoms with Gasteiger partial charge in [-0.05, 0) is 37.5 Å². The van der Waals surface area contributed by atoms with Crippen LogP contribution in [0.25, 0.3) is 0 Å². The monoisotopic (exact) mass is 277 g/mol. The summed E-state index contributed by atoms with van der Waals surface area (Å²) in [7, 11) is 3.36. The van der Waals surface area contributed by atoms with Gasteiger partial charge in [0, 0.05) is 12.1 Å². The van der Waals surface area contributed by atoms with Crippen molar-refractivity contribution in [2.45, 2.75) is 57.5 Å². The van der Waals surface area contributed by atoms with Crippen molar-refractivity contribution in [2.75, 3.05) is 14.2 Å². The van der Waals surface area contributed by atoms with E-state index in [0.717, 1.165) is 11.5 Å². The fourth-order valence-electron chi connectivity index (χ4n) is 3.02. The molecule has 3 heteroatoms. The third-order valence-electron chi connectivity index (χ3n) is 4.25. The van der Waals surface area contributed by atoms with E-state index in [-0.39, 0.29) is 0 Å². The Kier molecular flexibility index (Phi) is 5.72. The SMILES string of the molecule is COc1ccc(C(C)NC2CCCCCC2)cc1OC. The molecule has 0 spiro atoms. The Morgan fingerprint density at radius 1 is 1.00 bits per heavy atom. The summed E-state index contributed by atoms with van der Waals surface area (Å²) in [4.78, 5) is 0. The molecule has 0 saturated heterocycles. The summed E-state index contributed by atoms with van der Waals surface area (Å²) in [6.07, 6.45) is 8.10. The van der Waals surface area contributed by atoms with Crippen LogP contribution in [0.15, 0.2) is 18.2 Å². The minimum Gasteiger partial charge on any atom is -0.493 e. The van der Waals surface area contributed by atoms with Gasteiger partial charge in [-0.1, -0.05) is 31.7 Å². The van der Waals surface area contributed by atoms with Crippen LogP contribution in [0.3, 0.4) is 0 Å². The predicted molar refractivity (Wildman–Crippen MR) is 82.6 cm³/mol. The fourth-order valence-corrected chi connectivity index (χ4v) is 3.02. The molecule has 0 heterocycles. The summed E-state index contributed by atoms with van der Waals surface area (Å²) >= 11 is 0. The standard InChI is InChI=1S/C17H27NO2/c1-13(18-15-8-6-4-5-7-9-15)14-10-11-16(19-2)17(12-14)20-3/h10-13,15,18H,4-9H2,1-3H3. The summed E-state index contributed by atoms with van der Waals surface area (Å²) in [5, 5.41) is 3.77. The van der Waals surface area contributed by atoms with Crippen molar-refractivity contribution in [3.05, 3.63) is 23.8 Å². The molecule has 2 rings (SSSR count). The Morgan fingerprint density at radius 2 is 1.65 bits per heavy atom. The largest absolute Gasteiger partial charge is 0.493 e. The van der Waals surface area contributed by atoms with E-state index in [0.29, 0.717) is 12.1 Å². The summed E-state index contributed by atoms with van der Waals surface area (Å²) in [6, 6.07) is 7.18. The zero-order valence-corrected chi connectivity index (χ0v) is 12.9. The number of rotatable bonds is 5. The topological polar surface area (TPSA) is 30.5 Å². The molecule has 1 aliphatic rings. The summed E-state index contributed by atoms with van der Waals surface area (Å²) in [5.74, 6) is 1.59. The molecule has 1 aromatic carbocycles.